The molecule has 1 aromatic heterocycles. The maximum Gasteiger partial charge on any atom is 0.187 e. The molecular weight excluding hydrogens is 218 g/mol. The fraction of sp³-hybridized carbons (Fsp3) is 0.250. The Morgan fingerprint density at radius 3 is 2.81 bits per heavy atom. The molecule has 0 saturated carbocycles. The molecule has 84 valence electrons. The van der Waals surface area contributed by atoms with Gasteiger partial charge in [0, 0.05) is 23.5 Å². The third-order valence-electron chi connectivity index (χ3n) is 2.11. The van der Waals surface area contributed by atoms with E-state index in [0.717, 1.165) is 22.9 Å². The molecule has 0 aliphatic rings. The van der Waals surface area contributed by atoms with Crippen molar-refractivity contribution in [2.45, 2.75) is 19.4 Å². The molecule has 1 aromatic carbocycles. The minimum atomic E-state index is 0.159. The van der Waals surface area contributed by atoms with Gasteiger partial charge in [-0.25, -0.2) is 4.98 Å². The van der Waals surface area contributed by atoms with Crippen LogP contribution in [0.3, 0.4) is 0 Å². The highest BCUT2D eigenvalue weighted by molar-refractivity contribution is 7.13. The molecule has 1 atom stereocenters. The van der Waals surface area contributed by atoms with E-state index in [9.17, 15) is 0 Å². The van der Waals surface area contributed by atoms with E-state index in [-0.39, 0.29) is 6.04 Å². The van der Waals surface area contributed by atoms with E-state index in [1.807, 2.05) is 37.3 Å². The van der Waals surface area contributed by atoms with Crippen LogP contribution in [0.2, 0.25) is 0 Å². The van der Waals surface area contributed by atoms with Crippen molar-refractivity contribution in [2.75, 3.05) is 5.32 Å². The summed E-state index contributed by atoms with van der Waals surface area (Å²) in [6.45, 7) is 1.99. The topological polar surface area (TPSA) is 50.9 Å². The molecule has 16 heavy (non-hydrogen) atoms. The highest BCUT2D eigenvalue weighted by Crippen LogP contribution is 2.20. The van der Waals surface area contributed by atoms with Gasteiger partial charge in [0.25, 0.3) is 0 Å². The molecule has 0 spiro atoms. The maximum absolute atomic E-state index is 5.73. The molecule has 0 bridgehead atoms. The first-order valence-electron chi connectivity index (χ1n) is 5.26. The smallest absolute Gasteiger partial charge is 0.187 e. The Kier molecular flexibility index (Phi) is 3.54. The average molecular weight is 233 g/mol. The van der Waals surface area contributed by atoms with E-state index in [0.29, 0.717) is 0 Å². The molecule has 0 amide bonds. The monoisotopic (exact) mass is 233 g/mol. The van der Waals surface area contributed by atoms with Crippen LogP contribution in [0.4, 0.5) is 10.8 Å². The van der Waals surface area contributed by atoms with Crippen LogP contribution < -0.4 is 11.1 Å². The Labute approximate surface area is 99.3 Å². The summed E-state index contributed by atoms with van der Waals surface area (Å²) < 4.78 is 0. The summed E-state index contributed by atoms with van der Waals surface area (Å²) >= 11 is 1.61. The molecule has 2 rings (SSSR count). The van der Waals surface area contributed by atoms with Crippen molar-refractivity contribution in [1.29, 1.82) is 0 Å². The lowest BCUT2D eigenvalue weighted by Gasteiger charge is -2.02. The van der Waals surface area contributed by atoms with Crippen molar-refractivity contribution >= 4 is 22.2 Å². The van der Waals surface area contributed by atoms with Gasteiger partial charge in [-0.05, 0) is 19.1 Å². The molecule has 3 N–H and O–H groups in total. The van der Waals surface area contributed by atoms with Crippen LogP contribution in [0.1, 0.15) is 12.6 Å². The molecule has 2 aromatic rings. The van der Waals surface area contributed by atoms with E-state index in [1.165, 1.54) is 0 Å². The zero-order valence-corrected chi connectivity index (χ0v) is 10.00. The van der Waals surface area contributed by atoms with Crippen molar-refractivity contribution in [1.82, 2.24) is 4.98 Å². The number of hydrogen-bond donors (Lipinski definition) is 2. The third kappa shape index (κ3) is 3.05. The van der Waals surface area contributed by atoms with Crippen molar-refractivity contribution in [3.8, 4) is 0 Å². The number of para-hydroxylation sites is 1. The SMILES string of the molecule is CC(N)Cc1csc(Nc2ccccc2)n1. The van der Waals surface area contributed by atoms with E-state index >= 15 is 0 Å². The van der Waals surface area contributed by atoms with E-state index in [4.69, 9.17) is 5.73 Å². The lowest BCUT2D eigenvalue weighted by molar-refractivity contribution is 0.726. The minimum Gasteiger partial charge on any atom is -0.332 e. The van der Waals surface area contributed by atoms with E-state index in [2.05, 4.69) is 15.7 Å². The average Bonchev–Trinajstić information content (AvgIpc) is 2.66. The number of benzene rings is 1. The largest absolute Gasteiger partial charge is 0.332 e. The van der Waals surface area contributed by atoms with Crippen LogP contribution >= 0.6 is 11.3 Å². The molecule has 1 heterocycles. The first-order valence-corrected chi connectivity index (χ1v) is 6.14. The number of aromatic nitrogens is 1. The number of nitrogens with two attached hydrogens (primary N) is 1. The predicted molar refractivity (Wildman–Crippen MR) is 69.2 cm³/mol. The van der Waals surface area contributed by atoms with Crippen LogP contribution in [0.25, 0.3) is 0 Å². The molecule has 0 radical (unpaired) electrons. The summed E-state index contributed by atoms with van der Waals surface area (Å²) in [6.07, 6.45) is 0.826. The fourth-order valence-corrected chi connectivity index (χ4v) is 2.18. The van der Waals surface area contributed by atoms with Crippen molar-refractivity contribution in [2.24, 2.45) is 5.73 Å². The quantitative estimate of drug-likeness (QED) is 0.853. The van der Waals surface area contributed by atoms with Crippen LogP contribution in [-0.2, 0) is 6.42 Å². The summed E-state index contributed by atoms with van der Waals surface area (Å²) in [6, 6.07) is 10.2. The Morgan fingerprint density at radius 1 is 1.38 bits per heavy atom. The summed E-state index contributed by atoms with van der Waals surface area (Å²) in [5, 5.41) is 6.23. The van der Waals surface area contributed by atoms with Crippen molar-refractivity contribution < 1.29 is 0 Å². The summed E-state index contributed by atoms with van der Waals surface area (Å²) in [5.41, 5.74) is 7.84. The van der Waals surface area contributed by atoms with Gasteiger partial charge in [-0.1, -0.05) is 18.2 Å². The van der Waals surface area contributed by atoms with Crippen LogP contribution in [0, 0.1) is 0 Å². The number of nitrogens with zero attached hydrogens (tertiary/aromatic N) is 1. The molecular formula is C12H15N3S. The zero-order valence-electron chi connectivity index (χ0n) is 9.18. The molecule has 1 unspecified atom stereocenters. The predicted octanol–water partition coefficient (Wildman–Crippen LogP) is 2.78. The van der Waals surface area contributed by atoms with Gasteiger partial charge in [0.05, 0.1) is 5.69 Å². The molecule has 0 aliphatic heterocycles. The molecule has 0 saturated heterocycles. The zero-order chi connectivity index (χ0) is 11.4. The van der Waals surface area contributed by atoms with E-state index < -0.39 is 0 Å². The first-order chi connectivity index (χ1) is 7.74. The molecule has 0 aliphatic carbocycles. The summed E-state index contributed by atoms with van der Waals surface area (Å²) in [4.78, 5) is 4.47. The first kappa shape index (κ1) is 11.1. The second-order valence-corrected chi connectivity index (χ2v) is 4.67. The fourth-order valence-electron chi connectivity index (χ4n) is 1.43. The Morgan fingerprint density at radius 2 is 2.12 bits per heavy atom. The number of anilines is 2. The molecule has 0 fully saturated rings. The lowest BCUT2D eigenvalue weighted by Crippen LogP contribution is -2.17. The maximum atomic E-state index is 5.73. The van der Waals surface area contributed by atoms with Crippen LogP contribution in [-0.4, -0.2) is 11.0 Å². The highest BCUT2D eigenvalue weighted by atomic mass is 32.1. The van der Waals surface area contributed by atoms with Gasteiger partial charge in [-0.3, -0.25) is 0 Å². The summed E-state index contributed by atoms with van der Waals surface area (Å²) in [7, 11) is 0. The van der Waals surface area contributed by atoms with Crippen molar-refractivity contribution in [3.63, 3.8) is 0 Å². The van der Waals surface area contributed by atoms with Gasteiger partial charge in [-0.15, -0.1) is 11.3 Å². The van der Waals surface area contributed by atoms with Crippen LogP contribution in [0.5, 0.6) is 0 Å². The van der Waals surface area contributed by atoms with E-state index in [1.54, 1.807) is 11.3 Å². The van der Waals surface area contributed by atoms with Crippen LogP contribution in [0.15, 0.2) is 35.7 Å². The Hall–Kier alpha value is -1.39. The Bertz CT molecular complexity index is 437. The number of rotatable bonds is 4. The molecule has 3 nitrogen and oxygen atoms in total. The normalized spacial score (nSPS) is 12.4. The van der Waals surface area contributed by atoms with Gasteiger partial charge >= 0.3 is 0 Å². The second kappa shape index (κ2) is 5.09. The second-order valence-electron chi connectivity index (χ2n) is 3.82. The highest BCUT2D eigenvalue weighted by Gasteiger charge is 2.04. The van der Waals surface area contributed by atoms with Gasteiger partial charge in [0.2, 0.25) is 0 Å². The van der Waals surface area contributed by atoms with Gasteiger partial charge in [0.1, 0.15) is 0 Å². The Balaban J connectivity index is 2.03. The number of nitrogens with one attached hydrogen (secondary N) is 1. The van der Waals surface area contributed by atoms with Gasteiger partial charge in [0.15, 0.2) is 5.13 Å². The lowest BCUT2D eigenvalue weighted by atomic mass is 10.2. The molecule has 4 heteroatoms. The number of hydrogen-bond acceptors (Lipinski definition) is 4. The summed E-state index contributed by atoms with van der Waals surface area (Å²) in [5.74, 6) is 0. The van der Waals surface area contributed by atoms with Gasteiger partial charge in [-0.2, -0.15) is 0 Å². The standard InChI is InChI=1S/C12H15N3S/c1-9(13)7-11-8-16-12(15-11)14-10-5-3-2-4-6-10/h2-6,8-9H,7,13H2,1H3,(H,14,15). The van der Waals surface area contributed by atoms with Crippen molar-refractivity contribution in [3.05, 3.63) is 41.4 Å². The third-order valence-corrected chi connectivity index (χ3v) is 2.91. The number of thiazole rings is 1. The minimum absolute atomic E-state index is 0.159. The van der Waals surface area contributed by atoms with Gasteiger partial charge < -0.3 is 11.1 Å².